The van der Waals surface area contributed by atoms with Crippen molar-refractivity contribution < 1.29 is 14.3 Å². The summed E-state index contributed by atoms with van der Waals surface area (Å²) in [7, 11) is 0. The molecule has 5 heteroatoms. The fourth-order valence-corrected chi connectivity index (χ4v) is 3.54. The second-order valence-corrected chi connectivity index (χ2v) is 6.12. The van der Waals surface area contributed by atoms with Gasteiger partial charge in [-0.1, -0.05) is 0 Å². The molecule has 0 aromatic carbocycles. The van der Waals surface area contributed by atoms with Crippen molar-refractivity contribution >= 4 is 5.91 Å². The van der Waals surface area contributed by atoms with Gasteiger partial charge in [-0.2, -0.15) is 0 Å². The average molecular weight is 282 g/mol. The van der Waals surface area contributed by atoms with Gasteiger partial charge in [-0.15, -0.1) is 0 Å². The van der Waals surface area contributed by atoms with E-state index in [-0.39, 0.29) is 5.92 Å². The van der Waals surface area contributed by atoms with E-state index in [4.69, 9.17) is 9.47 Å². The second kappa shape index (κ2) is 6.87. The highest BCUT2D eigenvalue weighted by Gasteiger charge is 2.30. The zero-order valence-electron chi connectivity index (χ0n) is 12.3. The van der Waals surface area contributed by atoms with Crippen LogP contribution in [-0.4, -0.2) is 74.4 Å². The molecule has 0 aromatic heterocycles. The molecule has 0 radical (unpaired) electrons. The smallest absolute Gasteiger partial charge is 0.225 e. The summed E-state index contributed by atoms with van der Waals surface area (Å²) in [6, 6.07) is 0.577. The summed E-state index contributed by atoms with van der Waals surface area (Å²) in [6.45, 7) is 7.16. The molecule has 0 bridgehead atoms. The first-order chi connectivity index (χ1) is 9.84. The summed E-state index contributed by atoms with van der Waals surface area (Å²) in [4.78, 5) is 17.2. The van der Waals surface area contributed by atoms with Crippen LogP contribution in [0, 0.1) is 5.92 Å². The number of hydrogen-bond acceptors (Lipinski definition) is 4. The summed E-state index contributed by atoms with van der Waals surface area (Å²) in [5.74, 6) is 0.558. The Bertz CT molecular complexity index is 325. The number of amides is 1. The molecular formula is C15H26N2O3. The minimum absolute atomic E-state index is 0.199. The minimum atomic E-state index is 0.199. The Morgan fingerprint density at radius 3 is 2.45 bits per heavy atom. The van der Waals surface area contributed by atoms with E-state index >= 15 is 0 Å². The summed E-state index contributed by atoms with van der Waals surface area (Å²) < 4.78 is 10.8. The van der Waals surface area contributed by atoms with Gasteiger partial charge in [0, 0.05) is 58.0 Å². The molecule has 114 valence electrons. The van der Waals surface area contributed by atoms with Crippen LogP contribution in [0.1, 0.15) is 25.7 Å². The largest absolute Gasteiger partial charge is 0.381 e. The van der Waals surface area contributed by atoms with Crippen LogP contribution in [-0.2, 0) is 14.3 Å². The molecule has 3 saturated heterocycles. The SMILES string of the molecule is O=C(C1CCOCC1)N1CCCN(C2CCOC2)CC1. The molecular weight excluding hydrogens is 256 g/mol. The third-order valence-electron chi connectivity index (χ3n) is 4.83. The van der Waals surface area contributed by atoms with Crippen molar-refractivity contribution in [3.05, 3.63) is 0 Å². The molecule has 0 aromatic rings. The molecule has 1 amide bonds. The molecule has 0 saturated carbocycles. The molecule has 3 rings (SSSR count). The minimum Gasteiger partial charge on any atom is -0.381 e. The van der Waals surface area contributed by atoms with Gasteiger partial charge >= 0.3 is 0 Å². The predicted molar refractivity (Wildman–Crippen MR) is 75.5 cm³/mol. The van der Waals surface area contributed by atoms with Crippen molar-refractivity contribution in [1.82, 2.24) is 9.80 Å². The molecule has 1 unspecified atom stereocenters. The highest BCUT2D eigenvalue weighted by molar-refractivity contribution is 5.79. The molecule has 20 heavy (non-hydrogen) atoms. The Kier molecular flexibility index (Phi) is 4.91. The molecule has 0 N–H and O–H groups in total. The van der Waals surface area contributed by atoms with Crippen LogP contribution in [0.25, 0.3) is 0 Å². The van der Waals surface area contributed by atoms with E-state index in [2.05, 4.69) is 9.80 Å². The summed E-state index contributed by atoms with van der Waals surface area (Å²) >= 11 is 0. The zero-order chi connectivity index (χ0) is 13.8. The lowest BCUT2D eigenvalue weighted by atomic mass is 9.98. The Labute approximate surface area is 121 Å². The Balaban J connectivity index is 1.52. The van der Waals surface area contributed by atoms with Crippen molar-refractivity contribution in [2.24, 2.45) is 5.92 Å². The van der Waals surface area contributed by atoms with Crippen LogP contribution in [0.15, 0.2) is 0 Å². The van der Waals surface area contributed by atoms with Gasteiger partial charge in [0.1, 0.15) is 0 Å². The lowest BCUT2D eigenvalue weighted by Crippen LogP contribution is -2.42. The topological polar surface area (TPSA) is 42.0 Å². The molecule has 1 atom stereocenters. The van der Waals surface area contributed by atoms with E-state index < -0.39 is 0 Å². The van der Waals surface area contributed by atoms with Crippen molar-refractivity contribution in [2.45, 2.75) is 31.7 Å². The third kappa shape index (κ3) is 3.32. The third-order valence-corrected chi connectivity index (χ3v) is 4.83. The van der Waals surface area contributed by atoms with E-state index in [9.17, 15) is 4.79 Å². The number of rotatable bonds is 2. The molecule has 3 fully saturated rings. The van der Waals surface area contributed by atoms with E-state index in [1.165, 1.54) is 0 Å². The first kappa shape index (κ1) is 14.3. The monoisotopic (exact) mass is 282 g/mol. The number of nitrogens with zero attached hydrogens (tertiary/aromatic N) is 2. The average Bonchev–Trinajstić information content (AvgIpc) is 2.92. The van der Waals surface area contributed by atoms with Gasteiger partial charge in [0.15, 0.2) is 0 Å². The van der Waals surface area contributed by atoms with Crippen LogP contribution in [0.5, 0.6) is 0 Å². The predicted octanol–water partition coefficient (Wildman–Crippen LogP) is 0.736. The highest BCUT2D eigenvalue weighted by Crippen LogP contribution is 2.20. The fourth-order valence-electron chi connectivity index (χ4n) is 3.54. The van der Waals surface area contributed by atoms with Crippen molar-refractivity contribution in [3.63, 3.8) is 0 Å². The lowest BCUT2D eigenvalue weighted by molar-refractivity contribution is -0.138. The highest BCUT2D eigenvalue weighted by atomic mass is 16.5. The summed E-state index contributed by atoms with van der Waals surface area (Å²) in [5.41, 5.74) is 0. The van der Waals surface area contributed by atoms with E-state index in [1.54, 1.807) is 0 Å². The van der Waals surface area contributed by atoms with Crippen LogP contribution in [0.3, 0.4) is 0 Å². The molecule has 3 aliphatic rings. The standard InChI is InChI=1S/C15H26N2O3/c18-15(13-2-9-19-10-3-13)17-6-1-5-16(7-8-17)14-4-11-20-12-14/h13-14H,1-12H2. The van der Waals surface area contributed by atoms with Crippen LogP contribution in [0.4, 0.5) is 0 Å². The summed E-state index contributed by atoms with van der Waals surface area (Å²) in [5, 5.41) is 0. The summed E-state index contributed by atoms with van der Waals surface area (Å²) in [6.07, 6.45) is 4.03. The Morgan fingerprint density at radius 1 is 0.900 bits per heavy atom. The van der Waals surface area contributed by atoms with Gasteiger partial charge in [-0.25, -0.2) is 0 Å². The number of carbonyl (C=O) groups is 1. The van der Waals surface area contributed by atoms with Gasteiger partial charge in [0.05, 0.1) is 6.61 Å². The normalized spacial score (nSPS) is 30.4. The number of carbonyl (C=O) groups excluding carboxylic acids is 1. The van der Waals surface area contributed by atoms with Crippen molar-refractivity contribution in [3.8, 4) is 0 Å². The second-order valence-electron chi connectivity index (χ2n) is 6.12. The van der Waals surface area contributed by atoms with E-state index in [0.717, 1.165) is 78.3 Å². The van der Waals surface area contributed by atoms with Crippen molar-refractivity contribution in [1.29, 1.82) is 0 Å². The number of ether oxygens (including phenoxy) is 2. The Hall–Kier alpha value is -0.650. The molecule has 3 heterocycles. The van der Waals surface area contributed by atoms with E-state index in [1.807, 2.05) is 0 Å². The quantitative estimate of drug-likeness (QED) is 0.749. The maximum absolute atomic E-state index is 12.6. The van der Waals surface area contributed by atoms with Gasteiger partial charge in [0.2, 0.25) is 5.91 Å². The molecule has 0 spiro atoms. The zero-order valence-corrected chi connectivity index (χ0v) is 12.3. The van der Waals surface area contributed by atoms with Crippen molar-refractivity contribution in [2.75, 3.05) is 52.6 Å². The number of hydrogen-bond donors (Lipinski definition) is 0. The van der Waals surface area contributed by atoms with Crippen LogP contribution >= 0.6 is 0 Å². The first-order valence-corrected chi connectivity index (χ1v) is 8.03. The fraction of sp³-hybridized carbons (Fsp3) is 0.933. The molecule has 3 aliphatic heterocycles. The molecule has 0 aliphatic carbocycles. The van der Waals surface area contributed by atoms with Gasteiger partial charge in [-0.05, 0) is 25.7 Å². The lowest BCUT2D eigenvalue weighted by Gasteiger charge is -2.29. The first-order valence-electron chi connectivity index (χ1n) is 8.03. The van der Waals surface area contributed by atoms with Gasteiger partial charge < -0.3 is 14.4 Å². The van der Waals surface area contributed by atoms with Crippen LogP contribution < -0.4 is 0 Å². The maximum Gasteiger partial charge on any atom is 0.225 e. The van der Waals surface area contributed by atoms with Gasteiger partial charge in [0.25, 0.3) is 0 Å². The maximum atomic E-state index is 12.6. The Morgan fingerprint density at radius 2 is 1.70 bits per heavy atom. The van der Waals surface area contributed by atoms with Crippen LogP contribution in [0.2, 0.25) is 0 Å². The van der Waals surface area contributed by atoms with E-state index in [0.29, 0.717) is 11.9 Å². The van der Waals surface area contributed by atoms with Gasteiger partial charge in [-0.3, -0.25) is 9.69 Å². The molecule has 5 nitrogen and oxygen atoms in total.